The van der Waals surface area contributed by atoms with Crippen molar-refractivity contribution in [2.45, 2.75) is 63.1 Å². The van der Waals surface area contributed by atoms with Gasteiger partial charge in [-0.1, -0.05) is 20.8 Å². The Hall–Kier alpha value is -1.87. The molecule has 2 amide bonds. The van der Waals surface area contributed by atoms with Crippen molar-refractivity contribution in [1.82, 2.24) is 14.5 Å². The van der Waals surface area contributed by atoms with E-state index >= 15 is 0 Å². The third-order valence-electron chi connectivity index (χ3n) is 5.60. The Balaban J connectivity index is 1.81. The second kappa shape index (κ2) is 7.87. The molecule has 1 unspecified atom stereocenters. The van der Waals surface area contributed by atoms with E-state index in [0.717, 1.165) is 6.42 Å². The van der Waals surface area contributed by atoms with Crippen molar-refractivity contribution < 1.29 is 22.4 Å². The molecule has 1 aromatic heterocycles. The van der Waals surface area contributed by atoms with Gasteiger partial charge in [0, 0.05) is 19.6 Å². The third-order valence-corrected chi connectivity index (χ3v) is 7.39. The molecule has 0 radical (unpaired) electrons. The van der Waals surface area contributed by atoms with E-state index in [4.69, 9.17) is 4.42 Å². The number of rotatable bonds is 6. The van der Waals surface area contributed by atoms with E-state index < -0.39 is 21.6 Å². The van der Waals surface area contributed by atoms with Gasteiger partial charge in [0.05, 0.1) is 6.26 Å². The fourth-order valence-corrected chi connectivity index (χ4v) is 5.53. The second-order valence-electron chi connectivity index (χ2n) is 8.01. The number of piperidine rings is 1. The first kappa shape index (κ1) is 20.9. The van der Waals surface area contributed by atoms with Gasteiger partial charge in [-0.05, 0) is 43.7 Å². The predicted molar refractivity (Wildman–Crippen MR) is 103 cm³/mol. The molecule has 1 aromatic rings. The van der Waals surface area contributed by atoms with Gasteiger partial charge in [-0.25, -0.2) is 8.42 Å². The molecule has 2 saturated heterocycles. The van der Waals surface area contributed by atoms with Gasteiger partial charge in [0.2, 0.25) is 16.9 Å². The van der Waals surface area contributed by atoms with E-state index in [1.807, 2.05) is 20.8 Å². The van der Waals surface area contributed by atoms with Crippen molar-refractivity contribution >= 4 is 21.8 Å². The number of sulfonamides is 1. The Morgan fingerprint density at radius 3 is 2.50 bits per heavy atom. The van der Waals surface area contributed by atoms with Crippen LogP contribution in [0.15, 0.2) is 27.9 Å². The van der Waals surface area contributed by atoms with Crippen LogP contribution in [0.3, 0.4) is 0 Å². The number of amides is 2. The van der Waals surface area contributed by atoms with Crippen molar-refractivity contribution in [3.8, 4) is 0 Å². The minimum atomic E-state index is -3.73. The van der Waals surface area contributed by atoms with E-state index in [-0.39, 0.29) is 48.8 Å². The number of carbonyl (C=O) groups excluding carboxylic acids is 2. The number of furan rings is 1. The molecule has 9 heteroatoms. The lowest BCUT2D eigenvalue weighted by Gasteiger charge is -2.51. The molecule has 2 aliphatic rings. The van der Waals surface area contributed by atoms with Crippen molar-refractivity contribution in [1.29, 1.82) is 0 Å². The van der Waals surface area contributed by atoms with Gasteiger partial charge in [-0.3, -0.25) is 9.59 Å². The SMILES string of the molecule is CCCN1C(=O)C(CC(C)C)NC(=O)C12CCN(S(=O)(=O)c1ccco1)CC2. The van der Waals surface area contributed by atoms with Crippen LogP contribution in [0.2, 0.25) is 0 Å². The van der Waals surface area contributed by atoms with Crippen LogP contribution in [-0.2, 0) is 19.6 Å². The van der Waals surface area contributed by atoms with Crippen LogP contribution in [0.1, 0.15) is 46.5 Å². The fraction of sp³-hybridized carbons (Fsp3) is 0.684. The normalized spacial score (nSPS) is 23.4. The maximum Gasteiger partial charge on any atom is 0.276 e. The molecule has 8 nitrogen and oxygen atoms in total. The zero-order valence-electron chi connectivity index (χ0n) is 16.7. The summed E-state index contributed by atoms with van der Waals surface area (Å²) in [6, 6.07) is 2.44. The first-order valence-corrected chi connectivity index (χ1v) is 11.3. The molecule has 0 saturated carbocycles. The summed E-state index contributed by atoms with van der Waals surface area (Å²) in [4.78, 5) is 27.9. The van der Waals surface area contributed by atoms with Crippen molar-refractivity contribution in [3.05, 3.63) is 18.4 Å². The quantitative estimate of drug-likeness (QED) is 0.766. The molecular formula is C19H29N3O5S. The maximum absolute atomic E-state index is 13.1. The molecule has 1 spiro atoms. The molecule has 0 aromatic carbocycles. The van der Waals surface area contributed by atoms with Crippen LogP contribution in [-0.4, -0.2) is 60.7 Å². The number of carbonyl (C=O) groups is 2. The van der Waals surface area contributed by atoms with E-state index in [1.165, 1.54) is 22.7 Å². The predicted octanol–water partition coefficient (Wildman–Crippen LogP) is 1.59. The Bertz CT molecular complexity index is 811. The van der Waals surface area contributed by atoms with Crippen molar-refractivity contribution in [2.75, 3.05) is 19.6 Å². The molecule has 28 heavy (non-hydrogen) atoms. The summed E-state index contributed by atoms with van der Waals surface area (Å²) in [5, 5.41) is 2.81. The molecule has 2 aliphatic heterocycles. The van der Waals surface area contributed by atoms with Crippen LogP contribution in [0.5, 0.6) is 0 Å². The third kappa shape index (κ3) is 3.57. The van der Waals surface area contributed by atoms with Crippen LogP contribution in [0, 0.1) is 5.92 Å². The highest BCUT2D eigenvalue weighted by Crippen LogP contribution is 2.35. The minimum absolute atomic E-state index is 0.0579. The lowest BCUT2D eigenvalue weighted by Crippen LogP contribution is -2.73. The molecule has 3 rings (SSSR count). The first-order valence-electron chi connectivity index (χ1n) is 9.88. The highest BCUT2D eigenvalue weighted by Gasteiger charge is 2.54. The van der Waals surface area contributed by atoms with Crippen LogP contribution in [0.4, 0.5) is 0 Å². The van der Waals surface area contributed by atoms with Gasteiger partial charge in [0.1, 0.15) is 11.6 Å². The largest absolute Gasteiger partial charge is 0.452 e. The summed E-state index contributed by atoms with van der Waals surface area (Å²) in [6.45, 7) is 6.84. The summed E-state index contributed by atoms with van der Waals surface area (Å²) in [5.74, 6) is 0.0609. The van der Waals surface area contributed by atoms with Crippen LogP contribution in [0.25, 0.3) is 0 Å². The standard InChI is InChI=1S/C19H29N3O5S/c1-4-9-22-17(23)15(13-14(2)3)20-18(24)19(22)7-10-21(11-8-19)28(25,26)16-6-5-12-27-16/h5-6,12,14-15H,4,7-11,13H2,1-3H3,(H,20,24). The van der Waals surface area contributed by atoms with Gasteiger partial charge >= 0.3 is 0 Å². The van der Waals surface area contributed by atoms with Crippen LogP contribution < -0.4 is 5.32 Å². The molecule has 2 fully saturated rings. The summed E-state index contributed by atoms with van der Waals surface area (Å²) in [7, 11) is -3.73. The lowest BCUT2D eigenvalue weighted by atomic mass is 9.81. The highest BCUT2D eigenvalue weighted by molar-refractivity contribution is 7.89. The number of hydrogen-bond acceptors (Lipinski definition) is 5. The smallest absolute Gasteiger partial charge is 0.276 e. The van der Waals surface area contributed by atoms with Gasteiger partial charge in [-0.2, -0.15) is 4.31 Å². The topological polar surface area (TPSA) is 99.9 Å². The van der Waals surface area contributed by atoms with E-state index in [9.17, 15) is 18.0 Å². The Morgan fingerprint density at radius 2 is 1.96 bits per heavy atom. The van der Waals surface area contributed by atoms with E-state index in [1.54, 1.807) is 4.90 Å². The average molecular weight is 412 g/mol. The molecule has 156 valence electrons. The zero-order valence-corrected chi connectivity index (χ0v) is 17.5. The molecule has 1 N–H and O–H groups in total. The molecule has 1 atom stereocenters. The number of nitrogens with one attached hydrogen (secondary N) is 1. The summed E-state index contributed by atoms with van der Waals surface area (Å²) in [6.07, 6.45) is 3.21. The van der Waals surface area contributed by atoms with E-state index in [0.29, 0.717) is 13.0 Å². The van der Waals surface area contributed by atoms with E-state index in [2.05, 4.69) is 5.32 Å². The van der Waals surface area contributed by atoms with Gasteiger partial charge < -0.3 is 14.6 Å². The Labute approximate surface area is 166 Å². The number of piperazine rings is 1. The summed E-state index contributed by atoms with van der Waals surface area (Å²) >= 11 is 0. The summed E-state index contributed by atoms with van der Waals surface area (Å²) in [5.41, 5.74) is -0.976. The van der Waals surface area contributed by atoms with Gasteiger partial charge in [-0.15, -0.1) is 0 Å². The number of hydrogen-bond donors (Lipinski definition) is 1. The Morgan fingerprint density at radius 1 is 1.29 bits per heavy atom. The highest BCUT2D eigenvalue weighted by atomic mass is 32.2. The molecule has 0 aliphatic carbocycles. The lowest BCUT2D eigenvalue weighted by molar-refractivity contribution is -0.160. The van der Waals surface area contributed by atoms with Crippen LogP contribution >= 0.6 is 0 Å². The molecule has 3 heterocycles. The number of nitrogens with zero attached hydrogens (tertiary/aromatic N) is 2. The Kier molecular flexibility index (Phi) is 5.86. The van der Waals surface area contributed by atoms with Crippen molar-refractivity contribution in [2.24, 2.45) is 5.92 Å². The first-order chi connectivity index (χ1) is 13.2. The monoisotopic (exact) mass is 411 g/mol. The second-order valence-corrected chi connectivity index (χ2v) is 9.88. The van der Waals surface area contributed by atoms with Gasteiger partial charge in [0.15, 0.2) is 0 Å². The average Bonchev–Trinajstić information content (AvgIpc) is 3.19. The maximum atomic E-state index is 13.1. The molecular weight excluding hydrogens is 382 g/mol. The fourth-order valence-electron chi connectivity index (χ4n) is 4.19. The minimum Gasteiger partial charge on any atom is -0.452 e. The summed E-state index contributed by atoms with van der Waals surface area (Å²) < 4.78 is 31.8. The zero-order chi connectivity index (χ0) is 20.5. The molecule has 0 bridgehead atoms. The van der Waals surface area contributed by atoms with Crippen molar-refractivity contribution in [3.63, 3.8) is 0 Å². The van der Waals surface area contributed by atoms with Gasteiger partial charge in [0.25, 0.3) is 10.0 Å².